The van der Waals surface area contributed by atoms with Crippen LogP contribution in [0.5, 0.6) is 0 Å². The molecule has 0 saturated carbocycles. The van der Waals surface area contributed by atoms with Crippen LogP contribution in [-0.2, 0) is 9.53 Å². The van der Waals surface area contributed by atoms with Gasteiger partial charge in [0.2, 0.25) is 0 Å². The number of anilines is 2. The molecule has 132 valence electrons. The van der Waals surface area contributed by atoms with E-state index < -0.39 is 11.5 Å². The molecule has 3 aromatic rings. The molecule has 2 amide bonds. The topological polar surface area (TPSA) is 120 Å². The number of nitrogens with one attached hydrogen (secondary N) is 3. The first-order valence-electron chi connectivity index (χ1n) is 7.98. The molecule has 1 fully saturated rings. The number of amides is 2. The standard InChI is InChI=1S/C17H15N5O4/c23-13-8-26-5-4-22(13)11-3-1-2-10(6-11)21-16(24)12-7-18-15-14(12)17(25)20-9-19-15/h1-3,6-7,9H,4-5,8H2,(H,21,24)(H2,18,19,20,25). The molecule has 3 heterocycles. The summed E-state index contributed by atoms with van der Waals surface area (Å²) < 4.78 is 5.13. The first-order valence-corrected chi connectivity index (χ1v) is 7.98. The minimum atomic E-state index is -0.444. The van der Waals surface area contributed by atoms with E-state index >= 15 is 0 Å². The lowest BCUT2D eigenvalue weighted by Gasteiger charge is -2.27. The number of carbonyl (C=O) groups excluding carboxylic acids is 2. The summed E-state index contributed by atoms with van der Waals surface area (Å²) in [5.74, 6) is -0.575. The Morgan fingerprint density at radius 2 is 2.15 bits per heavy atom. The second-order valence-electron chi connectivity index (χ2n) is 5.76. The SMILES string of the molecule is O=C(Nc1cccc(N2CCOCC2=O)c1)c1c[nH]c2nc[nH]c(=O)c12. The maximum absolute atomic E-state index is 12.6. The van der Waals surface area contributed by atoms with Crippen molar-refractivity contribution in [3.05, 3.63) is 52.7 Å². The Balaban J connectivity index is 1.61. The predicted molar refractivity (Wildman–Crippen MR) is 94.3 cm³/mol. The maximum atomic E-state index is 12.6. The predicted octanol–water partition coefficient (Wildman–Crippen LogP) is 0.867. The number of hydrogen-bond donors (Lipinski definition) is 3. The van der Waals surface area contributed by atoms with Crippen LogP contribution in [0.25, 0.3) is 11.0 Å². The van der Waals surface area contributed by atoms with Gasteiger partial charge in [0.25, 0.3) is 17.4 Å². The average Bonchev–Trinajstić information content (AvgIpc) is 3.08. The van der Waals surface area contributed by atoms with Crippen LogP contribution in [0.4, 0.5) is 11.4 Å². The Kier molecular flexibility index (Phi) is 3.98. The van der Waals surface area contributed by atoms with Gasteiger partial charge in [-0.1, -0.05) is 6.07 Å². The Bertz CT molecular complexity index is 1050. The van der Waals surface area contributed by atoms with Crippen molar-refractivity contribution in [3.63, 3.8) is 0 Å². The van der Waals surface area contributed by atoms with E-state index in [-0.39, 0.29) is 23.5 Å². The highest BCUT2D eigenvalue weighted by molar-refractivity contribution is 6.12. The summed E-state index contributed by atoms with van der Waals surface area (Å²) in [5, 5.41) is 2.95. The van der Waals surface area contributed by atoms with E-state index in [1.807, 2.05) is 0 Å². The van der Waals surface area contributed by atoms with Crippen LogP contribution < -0.4 is 15.8 Å². The molecule has 26 heavy (non-hydrogen) atoms. The number of H-pyrrole nitrogens is 2. The minimum absolute atomic E-state index is 0.0434. The first-order chi connectivity index (χ1) is 12.6. The van der Waals surface area contributed by atoms with Crippen molar-refractivity contribution in [1.29, 1.82) is 0 Å². The molecule has 0 aliphatic carbocycles. The summed E-state index contributed by atoms with van der Waals surface area (Å²) in [6.07, 6.45) is 2.71. The van der Waals surface area contributed by atoms with Gasteiger partial charge in [-0.15, -0.1) is 0 Å². The molecule has 1 aliphatic heterocycles. The summed E-state index contributed by atoms with van der Waals surface area (Å²) in [4.78, 5) is 47.4. The minimum Gasteiger partial charge on any atom is -0.370 e. The summed E-state index contributed by atoms with van der Waals surface area (Å²) in [7, 11) is 0. The number of carbonyl (C=O) groups is 2. The number of morpholine rings is 1. The van der Waals surface area contributed by atoms with Crippen LogP contribution in [0.1, 0.15) is 10.4 Å². The van der Waals surface area contributed by atoms with Crippen molar-refractivity contribution < 1.29 is 14.3 Å². The van der Waals surface area contributed by atoms with Crippen LogP contribution in [0.3, 0.4) is 0 Å². The zero-order chi connectivity index (χ0) is 18.1. The fourth-order valence-electron chi connectivity index (χ4n) is 2.89. The lowest BCUT2D eigenvalue weighted by atomic mass is 10.2. The summed E-state index contributed by atoms with van der Waals surface area (Å²) in [5.41, 5.74) is 1.33. The highest BCUT2D eigenvalue weighted by Gasteiger charge is 2.21. The second kappa shape index (κ2) is 6.45. The normalized spacial score (nSPS) is 14.6. The van der Waals surface area contributed by atoms with E-state index in [1.165, 1.54) is 12.5 Å². The third-order valence-electron chi connectivity index (χ3n) is 4.12. The van der Waals surface area contributed by atoms with E-state index in [0.717, 1.165) is 0 Å². The molecule has 2 aromatic heterocycles. The number of nitrogens with zero attached hydrogens (tertiary/aromatic N) is 2. The number of rotatable bonds is 3. The van der Waals surface area contributed by atoms with E-state index in [9.17, 15) is 14.4 Å². The van der Waals surface area contributed by atoms with Crippen LogP contribution >= 0.6 is 0 Å². The highest BCUT2D eigenvalue weighted by atomic mass is 16.5. The van der Waals surface area contributed by atoms with Gasteiger partial charge in [0.15, 0.2) is 0 Å². The molecule has 9 heteroatoms. The molecule has 1 aliphatic rings. The van der Waals surface area contributed by atoms with Crippen LogP contribution in [0, 0.1) is 0 Å². The zero-order valence-corrected chi connectivity index (χ0v) is 13.6. The number of fused-ring (bicyclic) bond motifs is 1. The Labute approximate surface area is 147 Å². The van der Waals surface area contributed by atoms with Crippen molar-refractivity contribution >= 4 is 34.2 Å². The molecule has 0 unspecified atom stereocenters. The Morgan fingerprint density at radius 3 is 3.00 bits per heavy atom. The number of aromatic nitrogens is 3. The van der Waals surface area contributed by atoms with Crippen LogP contribution in [0.15, 0.2) is 41.6 Å². The van der Waals surface area contributed by atoms with Gasteiger partial charge < -0.3 is 24.9 Å². The molecule has 0 spiro atoms. The van der Waals surface area contributed by atoms with E-state index in [4.69, 9.17) is 4.74 Å². The lowest BCUT2D eigenvalue weighted by Crippen LogP contribution is -2.41. The van der Waals surface area contributed by atoms with Crippen molar-refractivity contribution in [3.8, 4) is 0 Å². The average molecular weight is 353 g/mol. The van der Waals surface area contributed by atoms with Crippen LogP contribution in [0.2, 0.25) is 0 Å². The van der Waals surface area contributed by atoms with Crippen molar-refractivity contribution in [1.82, 2.24) is 15.0 Å². The third-order valence-corrected chi connectivity index (χ3v) is 4.12. The van der Waals surface area contributed by atoms with Crippen molar-refractivity contribution in [2.24, 2.45) is 0 Å². The molecule has 3 N–H and O–H groups in total. The zero-order valence-electron chi connectivity index (χ0n) is 13.6. The van der Waals surface area contributed by atoms with Gasteiger partial charge in [0.1, 0.15) is 12.3 Å². The summed E-state index contributed by atoms with van der Waals surface area (Å²) in [6, 6.07) is 6.96. The van der Waals surface area contributed by atoms with Gasteiger partial charge >= 0.3 is 0 Å². The number of ether oxygens (including phenoxy) is 1. The van der Waals surface area contributed by atoms with Gasteiger partial charge in [-0.2, -0.15) is 0 Å². The van der Waals surface area contributed by atoms with Gasteiger partial charge in [-0.25, -0.2) is 4.98 Å². The van der Waals surface area contributed by atoms with E-state index in [0.29, 0.717) is 30.2 Å². The van der Waals surface area contributed by atoms with Crippen LogP contribution in [-0.4, -0.2) is 46.5 Å². The molecule has 1 saturated heterocycles. The molecule has 0 atom stereocenters. The third kappa shape index (κ3) is 2.84. The Hall–Kier alpha value is -3.46. The first kappa shape index (κ1) is 16.0. The lowest BCUT2D eigenvalue weighted by molar-refractivity contribution is -0.125. The van der Waals surface area contributed by atoms with Gasteiger partial charge in [-0.05, 0) is 18.2 Å². The highest BCUT2D eigenvalue weighted by Crippen LogP contribution is 2.22. The molecule has 0 radical (unpaired) electrons. The molecule has 1 aromatic carbocycles. The molecule has 0 bridgehead atoms. The number of aromatic amines is 2. The summed E-state index contributed by atoms with van der Waals surface area (Å²) >= 11 is 0. The quantitative estimate of drug-likeness (QED) is 0.645. The van der Waals surface area contributed by atoms with Gasteiger partial charge in [0, 0.05) is 24.1 Å². The molecular formula is C17H15N5O4. The Morgan fingerprint density at radius 1 is 1.27 bits per heavy atom. The van der Waals surface area contributed by atoms with Crippen molar-refractivity contribution in [2.75, 3.05) is 30.0 Å². The van der Waals surface area contributed by atoms with E-state index in [2.05, 4.69) is 20.3 Å². The fourth-order valence-corrected chi connectivity index (χ4v) is 2.89. The monoisotopic (exact) mass is 353 g/mol. The fraction of sp³-hybridized carbons (Fsp3) is 0.176. The van der Waals surface area contributed by atoms with E-state index in [1.54, 1.807) is 29.2 Å². The number of benzene rings is 1. The smallest absolute Gasteiger partial charge is 0.261 e. The second-order valence-corrected chi connectivity index (χ2v) is 5.76. The van der Waals surface area contributed by atoms with Crippen molar-refractivity contribution in [2.45, 2.75) is 0 Å². The largest absolute Gasteiger partial charge is 0.370 e. The molecule has 9 nitrogen and oxygen atoms in total. The van der Waals surface area contributed by atoms with Gasteiger partial charge in [0.05, 0.1) is 23.9 Å². The number of hydrogen-bond acceptors (Lipinski definition) is 5. The summed E-state index contributed by atoms with van der Waals surface area (Å²) in [6.45, 7) is 0.967. The molecular weight excluding hydrogens is 338 g/mol. The maximum Gasteiger partial charge on any atom is 0.261 e. The molecule has 4 rings (SSSR count). The van der Waals surface area contributed by atoms with Gasteiger partial charge in [-0.3, -0.25) is 14.4 Å².